The summed E-state index contributed by atoms with van der Waals surface area (Å²) in [5.41, 5.74) is 3.99. The van der Waals surface area contributed by atoms with Gasteiger partial charge >= 0.3 is 0 Å². The fourth-order valence-corrected chi connectivity index (χ4v) is 3.31. The summed E-state index contributed by atoms with van der Waals surface area (Å²) in [5.74, 6) is 5.78. The summed E-state index contributed by atoms with van der Waals surface area (Å²) in [6.45, 7) is -0.148. The van der Waals surface area contributed by atoms with Crippen LogP contribution in [0.25, 0.3) is 10.9 Å². The summed E-state index contributed by atoms with van der Waals surface area (Å²) in [6, 6.07) is 20.3. The Balaban J connectivity index is 1.46. The van der Waals surface area contributed by atoms with Crippen LogP contribution in [0.3, 0.4) is 0 Å². The van der Waals surface area contributed by atoms with Crippen LogP contribution in [0.1, 0.15) is 27.2 Å². The molecule has 4 aromatic rings. The first-order valence-electron chi connectivity index (χ1n) is 9.73. The van der Waals surface area contributed by atoms with Gasteiger partial charge < -0.3 is 15.4 Å². The molecular formula is C25H21N3O2. The molecule has 1 unspecified atom stereocenters. The third kappa shape index (κ3) is 4.57. The van der Waals surface area contributed by atoms with E-state index in [2.05, 4.69) is 27.1 Å². The smallest absolute Gasteiger partial charge is 0.251 e. The average Bonchev–Trinajstić information content (AvgIpc) is 3.21. The van der Waals surface area contributed by atoms with Gasteiger partial charge in [-0.05, 0) is 54.3 Å². The summed E-state index contributed by atoms with van der Waals surface area (Å²) >= 11 is 0. The third-order valence-corrected chi connectivity index (χ3v) is 4.82. The monoisotopic (exact) mass is 395 g/mol. The Kier molecular flexibility index (Phi) is 5.88. The predicted octanol–water partition coefficient (Wildman–Crippen LogP) is 3.30. The lowest BCUT2D eigenvalue weighted by atomic mass is 10.0. The summed E-state index contributed by atoms with van der Waals surface area (Å²) in [4.78, 5) is 20.1. The molecule has 148 valence electrons. The molecule has 0 fully saturated rings. The van der Waals surface area contributed by atoms with Crippen LogP contribution in [0.15, 0.2) is 79.1 Å². The largest absolute Gasteiger partial charge is 0.394 e. The fourth-order valence-electron chi connectivity index (χ4n) is 3.31. The first-order chi connectivity index (χ1) is 14.7. The average molecular weight is 395 g/mol. The van der Waals surface area contributed by atoms with E-state index in [1.807, 2.05) is 54.7 Å². The highest BCUT2D eigenvalue weighted by Gasteiger charge is 2.16. The second kappa shape index (κ2) is 9.08. The number of nitrogens with zero attached hydrogens (tertiary/aromatic N) is 1. The van der Waals surface area contributed by atoms with E-state index in [0.717, 1.165) is 22.0 Å². The van der Waals surface area contributed by atoms with E-state index in [1.165, 1.54) is 0 Å². The van der Waals surface area contributed by atoms with Crippen LogP contribution in [-0.4, -0.2) is 33.6 Å². The van der Waals surface area contributed by atoms with E-state index in [4.69, 9.17) is 0 Å². The number of para-hydroxylation sites is 1. The highest BCUT2D eigenvalue weighted by atomic mass is 16.3. The van der Waals surface area contributed by atoms with Crippen LogP contribution in [-0.2, 0) is 6.42 Å². The quantitative estimate of drug-likeness (QED) is 0.454. The normalized spacial score (nSPS) is 11.5. The van der Waals surface area contributed by atoms with Crippen LogP contribution in [0.2, 0.25) is 0 Å². The van der Waals surface area contributed by atoms with Crippen molar-refractivity contribution in [2.45, 2.75) is 12.5 Å². The van der Waals surface area contributed by atoms with Gasteiger partial charge in [0, 0.05) is 34.4 Å². The molecule has 5 heteroatoms. The minimum atomic E-state index is -0.389. The van der Waals surface area contributed by atoms with Gasteiger partial charge in [0.2, 0.25) is 0 Å². The zero-order valence-corrected chi connectivity index (χ0v) is 16.3. The number of aromatic amines is 1. The number of aliphatic hydroxyl groups is 1. The highest BCUT2D eigenvalue weighted by Crippen LogP contribution is 2.19. The lowest BCUT2D eigenvalue weighted by molar-refractivity contribution is 0.0916. The van der Waals surface area contributed by atoms with Gasteiger partial charge in [-0.2, -0.15) is 0 Å². The number of amides is 1. The van der Waals surface area contributed by atoms with Gasteiger partial charge in [-0.25, -0.2) is 4.98 Å². The first-order valence-corrected chi connectivity index (χ1v) is 9.73. The maximum absolute atomic E-state index is 12.7. The van der Waals surface area contributed by atoms with Crippen molar-refractivity contribution in [1.29, 1.82) is 0 Å². The number of aliphatic hydroxyl groups excluding tert-OH is 1. The van der Waals surface area contributed by atoms with E-state index in [1.54, 1.807) is 24.4 Å². The minimum absolute atomic E-state index is 0.148. The zero-order chi connectivity index (χ0) is 20.8. The number of carbonyl (C=O) groups is 1. The lowest BCUT2D eigenvalue weighted by Crippen LogP contribution is -2.39. The predicted molar refractivity (Wildman–Crippen MR) is 117 cm³/mol. The number of hydrogen-bond acceptors (Lipinski definition) is 3. The topological polar surface area (TPSA) is 78.0 Å². The third-order valence-electron chi connectivity index (χ3n) is 4.82. The van der Waals surface area contributed by atoms with Crippen molar-refractivity contribution < 1.29 is 9.90 Å². The molecule has 1 atom stereocenters. The van der Waals surface area contributed by atoms with E-state index in [0.29, 0.717) is 17.7 Å². The summed E-state index contributed by atoms with van der Waals surface area (Å²) in [7, 11) is 0. The molecule has 0 saturated heterocycles. The second-order valence-electron chi connectivity index (χ2n) is 6.96. The van der Waals surface area contributed by atoms with E-state index < -0.39 is 0 Å². The Bertz CT molecular complexity index is 1220. The Hall–Kier alpha value is -3.88. The number of H-pyrrole nitrogens is 1. The maximum Gasteiger partial charge on any atom is 0.251 e. The summed E-state index contributed by atoms with van der Waals surface area (Å²) < 4.78 is 0. The van der Waals surface area contributed by atoms with Crippen molar-refractivity contribution in [3.05, 3.63) is 102 Å². The van der Waals surface area contributed by atoms with Gasteiger partial charge in [0.25, 0.3) is 5.91 Å². The number of pyridine rings is 1. The second-order valence-corrected chi connectivity index (χ2v) is 6.96. The number of aromatic nitrogens is 2. The molecule has 0 bridgehead atoms. The standard InChI is InChI=1S/C25H21N3O2/c29-17-22(15-20-16-27-24-10-2-1-9-23(20)24)28-25(30)19-7-5-6-18(14-19)11-12-21-8-3-4-13-26-21/h1-10,13-14,16,22,27,29H,15,17H2,(H,28,30). The molecule has 0 radical (unpaired) electrons. The van der Waals surface area contributed by atoms with Crippen LogP contribution >= 0.6 is 0 Å². The summed E-state index contributed by atoms with van der Waals surface area (Å²) in [6.07, 6.45) is 4.15. The molecule has 3 N–H and O–H groups in total. The number of hydrogen-bond donors (Lipinski definition) is 3. The molecule has 5 nitrogen and oxygen atoms in total. The van der Waals surface area contributed by atoms with E-state index >= 15 is 0 Å². The highest BCUT2D eigenvalue weighted by molar-refractivity contribution is 5.94. The fraction of sp³-hybridized carbons (Fsp3) is 0.120. The molecule has 0 aliphatic rings. The molecule has 0 aliphatic carbocycles. The van der Waals surface area contributed by atoms with Gasteiger partial charge in [-0.15, -0.1) is 0 Å². The van der Waals surface area contributed by atoms with E-state index in [-0.39, 0.29) is 18.6 Å². The van der Waals surface area contributed by atoms with Crippen LogP contribution in [0.5, 0.6) is 0 Å². The minimum Gasteiger partial charge on any atom is -0.394 e. The van der Waals surface area contributed by atoms with E-state index in [9.17, 15) is 9.90 Å². The number of nitrogens with one attached hydrogen (secondary N) is 2. The molecule has 0 spiro atoms. The molecular weight excluding hydrogens is 374 g/mol. The van der Waals surface area contributed by atoms with Crippen molar-refractivity contribution in [1.82, 2.24) is 15.3 Å². The number of fused-ring (bicyclic) bond motifs is 1. The van der Waals surface area contributed by atoms with Crippen molar-refractivity contribution in [3.63, 3.8) is 0 Å². The lowest BCUT2D eigenvalue weighted by Gasteiger charge is -2.16. The van der Waals surface area contributed by atoms with Crippen LogP contribution in [0, 0.1) is 11.8 Å². The van der Waals surface area contributed by atoms with Gasteiger partial charge in [0.15, 0.2) is 0 Å². The number of rotatable bonds is 5. The summed E-state index contributed by atoms with van der Waals surface area (Å²) in [5, 5.41) is 13.8. The Labute approximate surface area is 174 Å². The van der Waals surface area contributed by atoms with Crippen LogP contribution in [0.4, 0.5) is 0 Å². The van der Waals surface area contributed by atoms with Crippen molar-refractivity contribution in [2.75, 3.05) is 6.61 Å². The molecule has 0 saturated carbocycles. The Morgan fingerprint density at radius 2 is 1.93 bits per heavy atom. The molecule has 2 aromatic heterocycles. The Morgan fingerprint density at radius 3 is 2.77 bits per heavy atom. The molecule has 30 heavy (non-hydrogen) atoms. The Morgan fingerprint density at radius 1 is 1.07 bits per heavy atom. The number of carbonyl (C=O) groups excluding carboxylic acids is 1. The van der Waals surface area contributed by atoms with Crippen molar-refractivity contribution in [2.24, 2.45) is 0 Å². The van der Waals surface area contributed by atoms with Gasteiger partial charge in [0.1, 0.15) is 5.69 Å². The molecule has 1 amide bonds. The number of benzene rings is 2. The SMILES string of the molecule is O=C(NC(CO)Cc1c[nH]c2ccccc12)c1cccc(C#Cc2ccccn2)c1. The van der Waals surface area contributed by atoms with Crippen molar-refractivity contribution >= 4 is 16.8 Å². The van der Waals surface area contributed by atoms with Crippen molar-refractivity contribution in [3.8, 4) is 11.8 Å². The van der Waals surface area contributed by atoms with Crippen LogP contribution < -0.4 is 5.32 Å². The molecule has 2 aromatic carbocycles. The first kappa shape index (κ1) is 19.4. The molecule has 2 heterocycles. The van der Waals surface area contributed by atoms with Gasteiger partial charge in [-0.3, -0.25) is 4.79 Å². The zero-order valence-electron chi connectivity index (χ0n) is 16.3. The molecule has 4 rings (SSSR count). The van der Waals surface area contributed by atoms with Gasteiger partial charge in [0.05, 0.1) is 12.6 Å². The maximum atomic E-state index is 12.7. The molecule has 0 aliphatic heterocycles. The van der Waals surface area contributed by atoms with Gasteiger partial charge in [-0.1, -0.05) is 36.3 Å².